The van der Waals surface area contributed by atoms with Gasteiger partial charge in [-0.3, -0.25) is 4.99 Å². The minimum atomic E-state index is 0. The predicted molar refractivity (Wildman–Crippen MR) is 129 cm³/mol. The lowest BCUT2D eigenvalue weighted by molar-refractivity contribution is 0.155. The maximum Gasteiger partial charge on any atom is 0.191 e. The number of nitrogens with one attached hydrogen (secondary N) is 2. The molecule has 0 amide bonds. The van der Waals surface area contributed by atoms with Crippen LogP contribution in [0.25, 0.3) is 0 Å². The number of halogens is 1. The Morgan fingerprint density at radius 1 is 1.24 bits per heavy atom. The summed E-state index contributed by atoms with van der Waals surface area (Å²) in [7, 11) is 5.23. The molecule has 2 N–H and O–H groups in total. The smallest absolute Gasteiger partial charge is 0.191 e. The summed E-state index contributed by atoms with van der Waals surface area (Å²) in [6.45, 7) is 6.91. The zero-order chi connectivity index (χ0) is 20.2. The molecule has 0 aromatic heterocycles. The first-order chi connectivity index (χ1) is 13.6. The molecule has 2 rings (SSSR count). The van der Waals surface area contributed by atoms with E-state index in [4.69, 9.17) is 14.2 Å². The van der Waals surface area contributed by atoms with Gasteiger partial charge in [-0.25, -0.2) is 0 Å². The lowest BCUT2D eigenvalue weighted by atomic mass is 10.1. The molecule has 1 aromatic rings. The second-order valence-corrected chi connectivity index (χ2v) is 7.17. The second kappa shape index (κ2) is 14.7. The Balaban J connectivity index is 0.00000420. The molecule has 8 heteroatoms. The first kappa shape index (κ1) is 25.8. The highest BCUT2D eigenvalue weighted by atomic mass is 127. The van der Waals surface area contributed by atoms with Gasteiger partial charge in [0.2, 0.25) is 0 Å². The quantitative estimate of drug-likeness (QED) is 0.214. The molecule has 1 aliphatic rings. The van der Waals surface area contributed by atoms with Gasteiger partial charge in [0.1, 0.15) is 17.6 Å². The molecule has 1 aromatic carbocycles. The highest BCUT2D eigenvalue weighted by Crippen LogP contribution is 2.19. The summed E-state index contributed by atoms with van der Waals surface area (Å²) in [5, 5.41) is 6.91. The number of likely N-dealkylation sites (tertiary alicyclic amines) is 1. The van der Waals surface area contributed by atoms with Gasteiger partial charge < -0.3 is 29.7 Å². The molecule has 166 valence electrons. The van der Waals surface area contributed by atoms with Gasteiger partial charge in [-0.2, -0.15) is 0 Å². The van der Waals surface area contributed by atoms with Gasteiger partial charge in [-0.1, -0.05) is 6.07 Å². The van der Waals surface area contributed by atoms with Crippen molar-refractivity contribution < 1.29 is 14.2 Å². The standard InChI is InChI=1S/C21H36N4O3.HI/c1-17(28-20-8-5-7-19(15-20)27-4)16-23-21(22-2)24-18-9-12-25(13-10-18)11-6-14-26-3;/h5,7-8,15,17-18H,6,9-14,16H2,1-4H3,(H2,22,23,24);1H. The number of methoxy groups -OCH3 is 2. The Morgan fingerprint density at radius 3 is 2.62 bits per heavy atom. The van der Waals surface area contributed by atoms with Crippen LogP contribution in [0.5, 0.6) is 11.5 Å². The summed E-state index contributed by atoms with van der Waals surface area (Å²) in [4.78, 5) is 6.87. The van der Waals surface area contributed by atoms with Crippen molar-refractivity contribution in [3.05, 3.63) is 24.3 Å². The molecule has 0 aliphatic carbocycles. The normalized spacial score (nSPS) is 16.6. The lowest BCUT2D eigenvalue weighted by Crippen LogP contribution is -2.50. The number of rotatable bonds is 10. The van der Waals surface area contributed by atoms with Crippen LogP contribution in [0.15, 0.2) is 29.3 Å². The van der Waals surface area contributed by atoms with Crippen molar-refractivity contribution in [2.24, 2.45) is 4.99 Å². The molecule has 29 heavy (non-hydrogen) atoms. The van der Waals surface area contributed by atoms with E-state index >= 15 is 0 Å². The third-order valence-electron chi connectivity index (χ3n) is 4.91. The van der Waals surface area contributed by atoms with Crippen LogP contribution in [0, 0.1) is 0 Å². The Morgan fingerprint density at radius 2 is 1.97 bits per heavy atom. The Kier molecular flexibility index (Phi) is 13.0. The number of benzene rings is 1. The summed E-state index contributed by atoms with van der Waals surface area (Å²) in [6.07, 6.45) is 3.36. The molecular formula is C21H37IN4O3. The number of hydrogen-bond acceptors (Lipinski definition) is 5. The van der Waals surface area contributed by atoms with Gasteiger partial charge >= 0.3 is 0 Å². The summed E-state index contributed by atoms with van der Waals surface area (Å²) >= 11 is 0. The molecule has 0 bridgehead atoms. The van der Waals surface area contributed by atoms with Crippen LogP contribution in [0.1, 0.15) is 26.2 Å². The molecular weight excluding hydrogens is 483 g/mol. The topological polar surface area (TPSA) is 67.4 Å². The Labute approximate surface area is 192 Å². The SMILES string of the molecule is CN=C(NCC(C)Oc1cccc(OC)c1)NC1CCN(CCCOC)CC1.I. The fourth-order valence-corrected chi connectivity index (χ4v) is 3.31. The maximum atomic E-state index is 5.96. The summed E-state index contributed by atoms with van der Waals surface area (Å²) in [5.74, 6) is 2.43. The summed E-state index contributed by atoms with van der Waals surface area (Å²) in [5.41, 5.74) is 0. The van der Waals surface area contributed by atoms with Crippen molar-refractivity contribution in [3.8, 4) is 11.5 Å². The van der Waals surface area contributed by atoms with Gasteiger partial charge in [-0.15, -0.1) is 24.0 Å². The van der Waals surface area contributed by atoms with Gasteiger partial charge in [0.25, 0.3) is 0 Å². The largest absolute Gasteiger partial charge is 0.497 e. The number of aliphatic imine (C=N–C) groups is 1. The van der Waals surface area contributed by atoms with Gasteiger partial charge in [0, 0.05) is 52.5 Å². The highest BCUT2D eigenvalue weighted by Gasteiger charge is 2.19. The number of guanidine groups is 1. The average Bonchev–Trinajstić information content (AvgIpc) is 2.72. The molecule has 1 heterocycles. The van der Waals surface area contributed by atoms with Crippen LogP contribution in [0.4, 0.5) is 0 Å². The fourth-order valence-electron chi connectivity index (χ4n) is 3.31. The van der Waals surface area contributed by atoms with Crippen LogP contribution in [0.2, 0.25) is 0 Å². The average molecular weight is 520 g/mol. The highest BCUT2D eigenvalue weighted by molar-refractivity contribution is 14.0. The molecule has 0 spiro atoms. The molecule has 1 aliphatic heterocycles. The van der Waals surface area contributed by atoms with Crippen molar-refractivity contribution in [3.63, 3.8) is 0 Å². The number of nitrogens with zero attached hydrogens (tertiary/aromatic N) is 2. The first-order valence-electron chi connectivity index (χ1n) is 10.1. The van der Waals surface area contributed by atoms with Gasteiger partial charge in [0.05, 0.1) is 13.7 Å². The number of hydrogen-bond donors (Lipinski definition) is 2. The molecule has 1 fully saturated rings. The fraction of sp³-hybridized carbons (Fsp3) is 0.667. The lowest BCUT2D eigenvalue weighted by Gasteiger charge is -2.33. The van der Waals surface area contributed by atoms with E-state index in [1.807, 2.05) is 38.2 Å². The van der Waals surface area contributed by atoms with E-state index in [9.17, 15) is 0 Å². The van der Waals surface area contributed by atoms with E-state index in [1.165, 1.54) is 0 Å². The van der Waals surface area contributed by atoms with Gasteiger partial charge in [0.15, 0.2) is 5.96 Å². The van der Waals surface area contributed by atoms with Crippen molar-refractivity contribution in [2.75, 3.05) is 54.1 Å². The van der Waals surface area contributed by atoms with Crippen molar-refractivity contribution in [2.45, 2.75) is 38.3 Å². The second-order valence-electron chi connectivity index (χ2n) is 7.17. The number of piperidine rings is 1. The van der Waals surface area contributed by atoms with E-state index < -0.39 is 0 Å². The Bertz CT molecular complexity index is 595. The van der Waals surface area contributed by atoms with E-state index in [-0.39, 0.29) is 30.1 Å². The van der Waals surface area contributed by atoms with Crippen LogP contribution >= 0.6 is 24.0 Å². The zero-order valence-corrected chi connectivity index (χ0v) is 20.5. The summed E-state index contributed by atoms with van der Waals surface area (Å²) in [6, 6.07) is 8.12. The molecule has 0 radical (unpaired) electrons. The molecule has 1 atom stereocenters. The van der Waals surface area contributed by atoms with Crippen LogP contribution in [-0.2, 0) is 4.74 Å². The van der Waals surface area contributed by atoms with Crippen LogP contribution in [-0.4, -0.2) is 77.1 Å². The minimum absolute atomic E-state index is 0. The number of ether oxygens (including phenoxy) is 3. The monoisotopic (exact) mass is 520 g/mol. The predicted octanol–water partition coefficient (Wildman–Crippen LogP) is 2.75. The molecule has 1 unspecified atom stereocenters. The third-order valence-corrected chi connectivity index (χ3v) is 4.91. The van der Waals surface area contributed by atoms with E-state index in [0.29, 0.717) is 12.6 Å². The third kappa shape index (κ3) is 9.86. The van der Waals surface area contributed by atoms with Crippen LogP contribution < -0.4 is 20.1 Å². The molecule has 0 saturated carbocycles. The minimum Gasteiger partial charge on any atom is -0.497 e. The van der Waals surface area contributed by atoms with E-state index in [1.54, 1.807) is 14.2 Å². The molecule has 1 saturated heterocycles. The molecule has 7 nitrogen and oxygen atoms in total. The summed E-state index contributed by atoms with van der Waals surface area (Å²) < 4.78 is 16.3. The first-order valence-corrected chi connectivity index (χ1v) is 10.1. The van der Waals surface area contributed by atoms with E-state index in [2.05, 4.69) is 20.5 Å². The van der Waals surface area contributed by atoms with E-state index in [0.717, 1.165) is 63.0 Å². The Hall–Kier alpha value is -1.26. The van der Waals surface area contributed by atoms with Gasteiger partial charge in [-0.05, 0) is 38.3 Å². The van der Waals surface area contributed by atoms with Crippen molar-refractivity contribution >= 4 is 29.9 Å². The van der Waals surface area contributed by atoms with Crippen molar-refractivity contribution in [1.82, 2.24) is 15.5 Å². The maximum absolute atomic E-state index is 5.96. The zero-order valence-electron chi connectivity index (χ0n) is 18.1. The van der Waals surface area contributed by atoms with Crippen molar-refractivity contribution in [1.29, 1.82) is 0 Å². The van der Waals surface area contributed by atoms with Crippen LogP contribution in [0.3, 0.4) is 0 Å².